The Hall–Kier alpha value is -4.29. The average molecular weight is 637 g/mol. The van der Waals surface area contributed by atoms with Gasteiger partial charge in [-0.3, -0.25) is 4.90 Å². The quantitative estimate of drug-likeness (QED) is 0.259. The lowest BCUT2D eigenvalue weighted by Gasteiger charge is -2.33. The van der Waals surface area contributed by atoms with Crippen LogP contribution in [0.3, 0.4) is 0 Å². The maximum absolute atomic E-state index is 13.7. The van der Waals surface area contributed by atoms with Crippen LogP contribution in [-0.2, 0) is 23.1 Å². The minimum absolute atomic E-state index is 0.0274. The third kappa shape index (κ3) is 6.86. The predicted molar refractivity (Wildman–Crippen MR) is 165 cm³/mol. The zero-order valence-corrected chi connectivity index (χ0v) is 26.2. The van der Waals surface area contributed by atoms with Gasteiger partial charge in [0.05, 0.1) is 10.6 Å². The molecule has 4 aromatic rings. The van der Waals surface area contributed by atoms with Crippen molar-refractivity contribution in [2.24, 2.45) is 5.92 Å². The molecule has 1 atom stereocenters. The van der Waals surface area contributed by atoms with Crippen molar-refractivity contribution in [3.63, 3.8) is 0 Å². The third-order valence-corrected chi connectivity index (χ3v) is 9.12. The van der Waals surface area contributed by atoms with Gasteiger partial charge in [-0.2, -0.15) is 4.98 Å². The van der Waals surface area contributed by atoms with Crippen LogP contribution in [-0.4, -0.2) is 42.2 Å². The SMILES string of the molecule is Cc1cccc(C)c1-c1cc2nc(n1)NS(=O)(=O)c1cccc(c1)CN(Cc1ccc3c(c1)OC(F)(F)O3)[C@H](CC(C)C)CO2. The van der Waals surface area contributed by atoms with Crippen LogP contribution in [0.1, 0.15) is 42.5 Å². The number of fused-ring (bicyclic) bond motifs is 5. The van der Waals surface area contributed by atoms with Crippen LogP contribution < -0.4 is 18.9 Å². The molecule has 0 aliphatic carbocycles. The Morgan fingerprint density at radius 3 is 2.47 bits per heavy atom. The van der Waals surface area contributed by atoms with Gasteiger partial charge in [-0.15, -0.1) is 8.78 Å². The second-order valence-corrected chi connectivity index (χ2v) is 13.6. The van der Waals surface area contributed by atoms with Crippen LogP contribution >= 0.6 is 0 Å². The van der Waals surface area contributed by atoms with E-state index in [2.05, 4.69) is 38.2 Å². The molecule has 0 saturated heterocycles. The lowest BCUT2D eigenvalue weighted by atomic mass is 10.00. The molecule has 3 heterocycles. The Morgan fingerprint density at radius 1 is 0.978 bits per heavy atom. The second-order valence-electron chi connectivity index (χ2n) is 11.9. The Bertz CT molecular complexity index is 1830. The van der Waals surface area contributed by atoms with Crippen molar-refractivity contribution in [1.82, 2.24) is 14.9 Å². The molecule has 0 amide bonds. The summed E-state index contributed by atoms with van der Waals surface area (Å²) in [6, 6.07) is 18.9. The average Bonchev–Trinajstić information content (AvgIpc) is 3.27. The molecule has 12 heteroatoms. The maximum atomic E-state index is 13.7. The minimum Gasteiger partial charge on any atom is -0.476 e. The summed E-state index contributed by atoms with van der Waals surface area (Å²) >= 11 is 0. The van der Waals surface area contributed by atoms with Crippen LogP contribution in [0.4, 0.5) is 14.7 Å². The molecule has 45 heavy (non-hydrogen) atoms. The molecule has 0 unspecified atom stereocenters. The molecule has 4 bridgehead atoms. The molecular weight excluding hydrogens is 602 g/mol. The summed E-state index contributed by atoms with van der Waals surface area (Å²) < 4.78 is 72.8. The summed E-state index contributed by atoms with van der Waals surface area (Å²) in [5.74, 6) is 0.355. The number of anilines is 1. The smallest absolute Gasteiger partial charge is 0.476 e. The van der Waals surface area contributed by atoms with E-state index in [1.165, 1.54) is 12.1 Å². The van der Waals surface area contributed by atoms with Gasteiger partial charge in [0.25, 0.3) is 10.0 Å². The largest absolute Gasteiger partial charge is 0.586 e. The van der Waals surface area contributed by atoms with Gasteiger partial charge in [0, 0.05) is 30.8 Å². The van der Waals surface area contributed by atoms with E-state index in [-0.39, 0.29) is 46.8 Å². The molecule has 236 valence electrons. The summed E-state index contributed by atoms with van der Waals surface area (Å²) in [6.45, 7) is 9.11. The molecule has 0 spiro atoms. The number of sulfonamides is 1. The van der Waals surface area contributed by atoms with Crippen LogP contribution in [0, 0.1) is 19.8 Å². The van der Waals surface area contributed by atoms with Crippen LogP contribution in [0.5, 0.6) is 17.4 Å². The highest BCUT2D eigenvalue weighted by molar-refractivity contribution is 7.92. The Morgan fingerprint density at radius 2 is 1.71 bits per heavy atom. The third-order valence-electron chi connectivity index (χ3n) is 7.79. The number of alkyl halides is 2. The molecule has 1 aromatic heterocycles. The minimum atomic E-state index is -4.06. The van der Waals surface area contributed by atoms with E-state index >= 15 is 0 Å². The van der Waals surface area contributed by atoms with Crippen molar-refractivity contribution in [2.45, 2.75) is 64.4 Å². The molecule has 0 fully saturated rings. The molecule has 2 aliphatic rings. The van der Waals surface area contributed by atoms with Gasteiger partial charge in [0.2, 0.25) is 11.8 Å². The first-order chi connectivity index (χ1) is 21.3. The van der Waals surface area contributed by atoms with E-state index in [9.17, 15) is 17.2 Å². The number of aryl methyl sites for hydroxylation is 2. The molecule has 0 saturated carbocycles. The number of hydrogen-bond donors (Lipinski definition) is 1. The zero-order chi connectivity index (χ0) is 31.9. The first-order valence-corrected chi connectivity index (χ1v) is 16.2. The monoisotopic (exact) mass is 636 g/mol. The first kappa shape index (κ1) is 30.7. The van der Waals surface area contributed by atoms with E-state index in [1.807, 2.05) is 38.1 Å². The maximum Gasteiger partial charge on any atom is 0.586 e. The summed E-state index contributed by atoms with van der Waals surface area (Å²) in [7, 11) is -4.06. The highest BCUT2D eigenvalue weighted by Crippen LogP contribution is 2.41. The van der Waals surface area contributed by atoms with Gasteiger partial charge in [-0.1, -0.05) is 50.2 Å². The molecule has 3 aromatic carbocycles. The molecule has 6 rings (SSSR count). The summed E-state index contributed by atoms with van der Waals surface area (Å²) in [5, 5.41) is 0. The molecule has 0 radical (unpaired) electrons. The van der Waals surface area contributed by atoms with Crippen LogP contribution in [0.25, 0.3) is 11.3 Å². The molecule has 9 nitrogen and oxygen atoms in total. The predicted octanol–water partition coefficient (Wildman–Crippen LogP) is 6.69. The number of rotatable bonds is 5. The first-order valence-electron chi connectivity index (χ1n) is 14.7. The summed E-state index contributed by atoms with van der Waals surface area (Å²) in [5.41, 5.74) is 4.83. The van der Waals surface area contributed by atoms with Gasteiger partial charge in [-0.05, 0) is 72.7 Å². The Kier molecular flexibility index (Phi) is 8.13. The fourth-order valence-corrected chi connectivity index (χ4v) is 6.82. The number of nitrogens with zero attached hydrogens (tertiary/aromatic N) is 3. The molecule has 1 N–H and O–H groups in total. The highest BCUT2D eigenvalue weighted by atomic mass is 32.2. The van der Waals surface area contributed by atoms with Crippen LogP contribution in [0.2, 0.25) is 0 Å². The van der Waals surface area contributed by atoms with Crippen LogP contribution in [0.15, 0.2) is 71.6 Å². The Labute approximate surface area is 261 Å². The van der Waals surface area contributed by atoms with Crippen molar-refractivity contribution in [3.8, 4) is 28.6 Å². The lowest BCUT2D eigenvalue weighted by Crippen LogP contribution is -2.39. The number of aromatic nitrogens is 2. The van der Waals surface area contributed by atoms with Crippen molar-refractivity contribution in [2.75, 3.05) is 11.3 Å². The van der Waals surface area contributed by atoms with Gasteiger partial charge in [0.15, 0.2) is 11.5 Å². The lowest BCUT2D eigenvalue weighted by molar-refractivity contribution is -0.286. The van der Waals surface area contributed by atoms with E-state index in [4.69, 9.17) is 9.47 Å². The highest BCUT2D eigenvalue weighted by Gasteiger charge is 2.43. The Balaban J connectivity index is 1.43. The molecular formula is C33H34F2N4O5S. The fraction of sp³-hybridized carbons (Fsp3) is 0.333. The number of ether oxygens (including phenoxy) is 3. The normalized spacial score (nSPS) is 18.7. The van der Waals surface area contributed by atoms with Crippen molar-refractivity contribution in [3.05, 3.63) is 89.0 Å². The number of halogens is 2. The van der Waals surface area contributed by atoms with Crippen molar-refractivity contribution < 1.29 is 31.4 Å². The van der Waals surface area contributed by atoms with Gasteiger partial charge in [0.1, 0.15) is 6.61 Å². The van der Waals surface area contributed by atoms with Crippen molar-refractivity contribution >= 4 is 16.0 Å². The zero-order valence-electron chi connectivity index (χ0n) is 25.4. The summed E-state index contributed by atoms with van der Waals surface area (Å²) in [4.78, 5) is 11.3. The topological polar surface area (TPSA) is 103 Å². The van der Waals surface area contributed by atoms with Gasteiger partial charge in [-0.25, -0.2) is 18.1 Å². The standard InChI is InChI=1S/C33H34F2N4O5S/c1-20(2)13-25-19-42-30-16-27(31-21(3)7-5-8-22(31)4)36-32(37-30)38-45(40,41)26-10-6-9-23(14-26)17-39(25)18-24-11-12-28-29(15-24)44-33(34,35)43-28/h5-12,14-16,20,25H,13,17-19H2,1-4H3,(H,36,37,38)/t25-/m1/s1. The van der Waals surface area contributed by atoms with Gasteiger partial charge >= 0.3 is 6.29 Å². The van der Waals surface area contributed by atoms with E-state index in [0.29, 0.717) is 18.8 Å². The number of benzene rings is 3. The second kappa shape index (κ2) is 11.9. The van der Waals surface area contributed by atoms with Gasteiger partial charge < -0.3 is 14.2 Å². The fourth-order valence-electron chi connectivity index (χ4n) is 5.80. The van der Waals surface area contributed by atoms with E-state index in [0.717, 1.165) is 34.2 Å². The molecule has 2 aliphatic heterocycles. The number of nitrogens with one attached hydrogen (secondary N) is 1. The van der Waals surface area contributed by atoms with E-state index in [1.54, 1.807) is 30.3 Å². The van der Waals surface area contributed by atoms with Crippen molar-refractivity contribution in [1.29, 1.82) is 0 Å². The number of hydrogen-bond acceptors (Lipinski definition) is 8. The summed E-state index contributed by atoms with van der Waals surface area (Å²) in [6.07, 6.45) is -2.98. The van der Waals surface area contributed by atoms with E-state index < -0.39 is 16.3 Å².